The van der Waals surface area contributed by atoms with Gasteiger partial charge in [0.15, 0.2) is 6.29 Å². The van der Waals surface area contributed by atoms with Crippen molar-refractivity contribution in [3.63, 3.8) is 0 Å². The highest BCUT2D eigenvalue weighted by Crippen LogP contribution is 2.10. The third-order valence-corrected chi connectivity index (χ3v) is 3.09. The molecule has 1 unspecified atom stereocenters. The number of nitrogens with one attached hydrogen (secondary N) is 3. The molecule has 0 radical (unpaired) electrons. The Hall–Kier alpha value is -1.62. The Morgan fingerprint density at radius 1 is 1.32 bits per heavy atom. The predicted octanol–water partition coefficient (Wildman–Crippen LogP) is 2.12. The van der Waals surface area contributed by atoms with Crippen LogP contribution >= 0.6 is 12.6 Å². The highest BCUT2D eigenvalue weighted by atomic mass is 32.1. The van der Waals surface area contributed by atoms with Crippen molar-refractivity contribution in [1.82, 2.24) is 10.6 Å². The zero-order valence-electron chi connectivity index (χ0n) is 11.1. The molecule has 0 bridgehead atoms. The van der Waals surface area contributed by atoms with E-state index in [1.807, 2.05) is 12.3 Å². The van der Waals surface area contributed by atoms with E-state index >= 15 is 0 Å². The number of thiol groups is 1. The molecule has 0 aromatic heterocycles. The lowest BCUT2D eigenvalue weighted by molar-refractivity contribution is 0.593. The third kappa shape index (κ3) is 4.52. The molecule has 1 aliphatic heterocycles. The Balaban J connectivity index is 1.84. The molecule has 1 aliphatic rings. The van der Waals surface area contributed by atoms with Gasteiger partial charge in [-0.3, -0.25) is 0 Å². The van der Waals surface area contributed by atoms with E-state index in [1.165, 1.54) is 5.56 Å². The van der Waals surface area contributed by atoms with Crippen molar-refractivity contribution in [2.75, 3.05) is 17.6 Å². The summed E-state index contributed by atoms with van der Waals surface area (Å²) in [6.45, 7) is 2.99. The van der Waals surface area contributed by atoms with Crippen LogP contribution in [0, 0.1) is 6.92 Å². The smallest absolute Gasteiger partial charge is 0.195 e. The molecule has 19 heavy (non-hydrogen) atoms. The SMILES string of the molecule is Cc1ccc(NC2N=CC=C(NCCCS)N2)cc1. The fraction of sp³-hybridized carbons (Fsp3) is 0.357. The summed E-state index contributed by atoms with van der Waals surface area (Å²) in [4.78, 5) is 4.35. The Bertz CT molecular complexity index is 453. The van der Waals surface area contributed by atoms with Gasteiger partial charge in [-0.1, -0.05) is 17.7 Å². The number of nitrogens with zero attached hydrogens (tertiary/aromatic N) is 1. The molecule has 2 rings (SSSR count). The summed E-state index contributed by atoms with van der Waals surface area (Å²) in [5.74, 6) is 1.88. The van der Waals surface area contributed by atoms with Crippen LogP contribution in [-0.2, 0) is 0 Å². The molecule has 0 aliphatic carbocycles. The third-order valence-electron chi connectivity index (χ3n) is 2.77. The summed E-state index contributed by atoms with van der Waals surface area (Å²) >= 11 is 4.19. The molecule has 1 heterocycles. The molecule has 1 aromatic rings. The Morgan fingerprint density at radius 3 is 2.84 bits per heavy atom. The number of benzene rings is 1. The topological polar surface area (TPSA) is 48.5 Å². The van der Waals surface area contributed by atoms with E-state index in [4.69, 9.17) is 0 Å². The number of aryl methyl sites for hydroxylation is 1. The second-order valence-corrected chi connectivity index (χ2v) is 4.89. The average molecular weight is 276 g/mol. The van der Waals surface area contributed by atoms with Gasteiger partial charge in [0.05, 0.1) is 0 Å². The molecule has 0 saturated carbocycles. The lowest BCUT2D eigenvalue weighted by atomic mass is 10.2. The summed E-state index contributed by atoms with van der Waals surface area (Å²) in [6.07, 6.45) is 4.65. The minimum Gasteiger partial charge on any atom is -0.372 e. The lowest BCUT2D eigenvalue weighted by Crippen LogP contribution is -2.41. The molecule has 0 saturated heterocycles. The molecule has 1 aromatic carbocycles. The Labute approximate surface area is 119 Å². The van der Waals surface area contributed by atoms with Crippen LogP contribution in [0.4, 0.5) is 5.69 Å². The standard InChI is InChI=1S/C14H20N4S/c1-11-3-5-12(6-4-11)17-14-16-9-7-13(18-14)15-8-2-10-19/h3-7,9,14-15,17-19H,2,8,10H2,1H3. The van der Waals surface area contributed by atoms with Gasteiger partial charge in [-0.2, -0.15) is 12.6 Å². The average Bonchev–Trinajstić information content (AvgIpc) is 2.42. The summed E-state index contributed by atoms with van der Waals surface area (Å²) in [5.41, 5.74) is 2.30. The van der Waals surface area contributed by atoms with E-state index in [2.05, 4.69) is 64.8 Å². The Morgan fingerprint density at radius 2 is 2.11 bits per heavy atom. The number of hydrogen-bond donors (Lipinski definition) is 4. The van der Waals surface area contributed by atoms with Crippen LogP contribution in [-0.4, -0.2) is 24.8 Å². The lowest BCUT2D eigenvalue weighted by Gasteiger charge is -2.23. The highest BCUT2D eigenvalue weighted by molar-refractivity contribution is 7.80. The maximum Gasteiger partial charge on any atom is 0.195 e. The summed E-state index contributed by atoms with van der Waals surface area (Å²) in [7, 11) is 0. The molecule has 102 valence electrons. The molecule has 1 atom stereocenters. The second-order valence-electron chi connectivity index (χ2n) is 4.44. The van der Waals surface area contributed by atoms with Gasteiger partial charge in [0, 0.05) is 18.4 Å². The quantitative estimate of drug-likeness (QED) is 0.475. The number of aliphatic imine (C=N–C) groups is 1. The fourth-order valence-electron chi connectivity index (χ4n) is 1.73. The highest BCUT2D eigenvalue weighted by Gasteiger charge is 2.09. The van der Waals surface area contributed by atoms with Crippen LogP contribution in [0.5, 0.6) is 0 Å². The van der Waals surface area contributed by atoms with Crippen LogP contribution in [0.1, 0.15) is 12.0 Å². The maximum absolute atomic E-state index is 4.35. The van der Waals surface area contributed by atoms with Crippen LogP contribution in [0.2, 0.25) is 0 Å². The number of anilines is 1. The van der Waals surface area contributed by atoms with Crippen molar-refractivity contribution in [2.45, 2.75) is 19.6 Å². The normalized spacial score (nSPS) is 17.6. The van der Waals surface area contributed by atoms with Crippen molar-refractivity contribution in [3.05, 3.63) is 41.7 Å². The first-order chi connectivity index (χ1) is 9.28. The minimum atomic E-state index is -0.133. The molecule has 0 fully saturated rings. The second kappa shape index (κ2) is 7.09. The van der Waals surface area contributed by atoms with Crippen LogP contribution < -0.4 is 16.0 Å². The van der Waals surface area contributed by atoms with Gasteiger partial charge in [-0.05, 0) is 37.3 Å². The first kappa shape index (κ1) is 13.8. The van der Waals surface area contributed by atoms with Gasteiger partial charge in [0.25, 0.3) is 0 Å². The van der Waals surface area contributed by atoms with Gasteiger partial charge < -0.3 is 16.0 Å². The van der Waals surface area contributed by atoms with Crippen molar-refractivity contribution in [2.24, 2.45) is 4.99 Å². The van der Waals surface area contributed by atoms with Crippen molar-refractivity contribution >= 4 is 24.5 Å². The largest absolute Gasteiger partial charge is 0.372 e. The molecule has 4 nitrogen and oxygen atoms in total. The summed E-state index contributed by atoms with van der Waals surface area (Å²) in [6, 6.07) is 8.27. The van der Waals surface area contributed by atoms with Crippen LogP contribution in [0.15, 0.2) is 41.2 Å². The summed E-state index contributed by atoms with van der Waals surface area (Å²) < 4.78 is 0. The van der Waals surface area contributed by atoms with E-state index in [1.54, 1.807) is 0 Å². The van der Waals surface area contributed by atoms with Gasteiger partial charge in [0.1, 0.15) is 5.82 Å². The molecular weight excluding hydrogens is 256 g/mol. The number of rotatable bonds is 6. The first-order valence-electron chi connectivity index (χ1n) is 6.46. The van der Waals surface area contributed by atoms with Gasteiger partial charge in [0.2, 0.25) is 0 Å². The summed E-state index contributed by atoms with van der Waals surface area (Å²) in [5, 5.41) is 9.93. The van der Waals surface area contributed by atoms with Crippen molar-refractivity contribution in [3.8, 4) is 0 Å². The molecule has 3 N–H and O–H groups in total. The van der Waals surface area contributed by atoms with Crippen LogP contribution in [0.3, 0.4) is 0 Å². The zero-order chi connectivity index (χ0) is 13.5. The van der Waals surface area contributed by atoms with Crippen molar-refractivity contribution in [1.29, 1.82) is 0 Å². The number of allylic oxidation sites excluding steroid dienone is 1. The molecule has 5 heteroatoms. The van der Waals surface area contributed by atoms with Gasteiger partial charge >= 0.3 is 0 Å². The van der Waals surface area contributed by atoms with E-state index in [0.717, 1.165) is 30.2 Å². The van der Waals surface area contributed by atoms with E-state index < -0.39 is 0 Å². The zero-order valence-corrected chi connectivity index (χ0v) is 12.0. The monoisotopic (exact) mass is 276 g/mol. The van der Waals surface area contributed by atoms with Crippen LogP contribution in [0.25, 0.3) is 0 Å². The fourth-order valence-corrected chi connectivity index (χ4v) is 1.89. The van der Waals surface area contributed by atoms with Crippen molar-refractivity contribution < 1.29 is 0 Å². The molecule has 0 amide bonds. The molecule has 0 spiro atoms. The van der Waals surface area contributed by atoms with Gasteiger partial charge in [-0.25, -0.2) is 4.99 Å². The first-order valence-corrected chi connectivity index (χ1v) is 7.09. The van der Waals surface area contributed by atoms with E-state index in [0.29, 0.717) is 0 Å². The van der Waals surface area contributed by atoms with E-state index in [9.17, 15) is 0 Å². The Kier molecular flexibility index (Phi) is 5.15. The van der Waals surface area contributed by atoms with E-state index in [-0.39, 0.29) is 6.29 Å². The minimum absolute atomic E-state index is 0.133. The molecular formula is C14H20N4S. The maximum atomic E-state index is 4.35. The van der Waals surface area contributed by atoms with Gasteiger partial charge in [-0.15, -0.1) is 0 Å². The predicted molar refractivity (Wildman–Crippen MR) is 84.8 cm³/mol. The number of hydrogen-bond acceptors (Lipinski definition) is 5.